The van der Waals surface area contributed by atoms with Gasteiger partial charge in [0, 0.05) is 6.54 Å². The molecule has 0 saturated heterocycles. The number of ether oxygens (including phenoxy) is 2. The Labute approximate surface area is 127 Å². The van der Waals surface area contributed by atoms with E-state index in [1.807, 2.05) is 0 Å². The number of unbranched alkanes of at least 4 members (excludes halogenated alkanes) is 1. The second-order valence-corrected chi connectivity index (χ2v) is 4.20. The Morgan fingerprint density at radius 2 is 1.82 bits per heavy atom. The minimum absolute atomic E-state index is 0.0394. The van der Waals surface area contributed by atoms with E-state index in [0.717, 1.165) is 0 Å². The highest BCUT2D eigenvalue weighted by atomic mass is 17.1. The summed E-state index contributed by atoms with van der Waals surface area (Å²) >= 11 is 0. The summed E-state index contributed by atoms with van der Waals surface area (Å²) < 4.78 is 9.77. The average Bonchev–Trinajstić information content (AvgIpc) is 2.45. The molecule has 1 unspecified atom stereocenters. The number of nitrogens with zero attached hydrogens (tertiary/aromatic N) is 1. The number of alkyl carbamates (subject to hydrolysis) is 1. The minimum Gasteiger partial charge on any atom is -0.480 e. The van der Waals surface area contributed by atoms with Crippen molar-refractivity contribution in [2.24, 2.45) is 5.73 Å². The summed E-state index contributed by atoms with van der Waals surface area (Å²) in [5.74, 6) is -1.04. The van der Waals surface area contributed by atoms with Crippen LogP contribution < -0.4 is 11.1 Å². The number of hydrogen-bond acceptors (Lipinski definition) is 9. The van der Waals surface area contributed by atoms with Gasteiger partial charge >= 0.3 is 12.1 Å². The van der Waals surface area contributed by atoms with Crippen molar-refractivity contribution < 1.29 is 39.4 Å². The van der Waals surface area contributed by atoms with Crippen LogP contribution in [0.4, 0.5) is 4.79 Å². The van der Waals surface area contributed by atoms with Gasteiger partial charge < -0.3 is 25.6 Å². The maximum atomic E-state index is 11.2. The van der Waals surface area contributed by atoms with Crippen LogP contribution in [0.3, 0.4) is 0 Å². The third-order valence-corrected chi connectivity index (χ3v) is 2.42. The number of nitrogens with two attached hydrogens (primary N) is 1. The van der Waals surface area contributed by atoms with Gasteiger partial charge in [0.05, 0.1) is 25.2 Å². The molecule has 0 heterocycles. The first-order valence-electron chi connectivity index (χ1n) is 6.71. The van der Waals surface area contributed by atoms with Gasteiger partial charge in [-0.05, 0) is 19.3 Å². The van der Waals surface area contributed by atoms with Crippen LogP contribution in [-0.2, 0) is 19.1 Å². The van der Waals surface area contributed by atoms with Crippen LogP contribution >= 0.6 is 0 Å². The maximum absolute atomic E-state index is 11.2. The Kier molecular flexibility index (Phi) is 12.3. The van der Waals surface area contributed by atoms with Crippen molar-refractivity contribution >= 4 is 12.1 Å². The summed E-state index contributed by atoms with van der Waals surface area (Å²) in [5.41, 5.74) is 5.33. The molecule has 0 aromatic carbocycles. The van der Waals surface area contributed by atoms with Crippen molar-refractivity contribution in [3.8, 4) is 0 Å². The summed E-state index contributed by atoms with van der Waals surface area (Å²) in [6, 6.07) is -0.878. The van der Waals surface area contributed by atoms with Gasteiger partial charge in [0.15, 0.2) is 0 Å². The zero-order chi connectivity index (χ0) is 16.8. The molecule has 130 valence electrons. The van der Waals surface area contributed by atoms with Gasteiger partial charge in [-0.1, -0.05) is 0 Å². The topological polar surface area (TPSA) is 164 Å². The Balaban J connectivity index is 3.31. The van der Waals surface area contributed by atoms with Crippen LogP contribution in [0.25, 0.3) is 0 Å². The van der Waals surface area contributed by atoms with Crippen LogP contribution in [0.15, 0.2) is 0 Å². The van der Waals surface area contributed by atoms with E-state index in [-0.39, 0.29) is 26.4 Å². The van der Waals surface area contributed by atoms with Gasteiger partial charge in [-0.2, -0.15) is 0 Å². The van der Waals surface area contributed by atoms with Crippen molar-refractivity contribution in [3.05, 3.63) is 0 Å². The molecular weight excluding hydrogens is 302 g/mol. The van der Waals surface area contributed by atoms with Crippen LogP contribution in [0.2, 0.25) is 0 Å². The summed E-state index contributed by atoms with van der Waals surface area (Å²) in [4.78, 5) is 25.9. The van der Waals surface area contributed by atoms with E-state index < -0.39 is 23.5 Å². The third-order valence-electron chi connectivity index (χ3n) is 2.42. The normalized spacial score (nSPS) is 12.2. The summed E-state index contributed by atoms with van der Waals surface area (Å²) in [6.45, 7) is 0.589. The molecule has 0 rings (SSSR count). The SMILES string of the molecule is NC(CCCCNC(=O)OCCOCCON(O)O)C(=O)O. The minimum atomic E-state index is -1.04. The molecular formula is C11H23N3O8. The molecule has 0 aromatic rings. The van der Waals surface area contributed by atoms with Gasteiger partial charge in [0.25, 0.3) is 0 Å². The lowest BCUT2D eigenvalue weighted by molar-refractivity contribution is -0.493. The van der Waals surface area contributed by atoms with E-state index >= 15 is 0 Å². The summed E-state index contributed by atoms with van der Waals surface area (Å²) in [5, 5.41) is 27.1. The molecule has 0 saturated carbocycles. The lowest BCUT2D eigenvalue weighted by Gasteiger charge is -2.09. The molecule has 0 aliphatic rings. The van der Waals surface area contributed by atoms with Crippen molar-refractivity contribution in [2.45, 2.75) is 25.3 Å². The largest absolute Gasteiger partial charge is 0.480 e. The van der Waals surface area contributed by atoms with E-state index in [9.17, 15) is 9.59 Å². The zero-order valence-corrected chi connectivity index (χ0v) is 12.1. The summed E-state index contributed by atoms with van der Waals surface area (Å²) in [7, 11) is 0. The van der Waals surface area contributed by atoms with Crippen molar-refractivity contribution in [3.63, 3.8) is 0 Å². The number of carboxylic acids is 1. The number of rotatable bonds is 13. The van der Waals surface area contributed by atoms with E-state index in [2.05, 4.69) is 10.2 Å². The van der Waals surface area contributed by atoms with Crippen molar-refractivity contribution in [1.29, 1.82) is 0 Å². The van der Waals surface area contributed by atoms with Crippen LogP contribution in [0.1, 0.15) is 19.3 Å². The quantitative estimate of drug-likeness (QED) is 0.216. The summed E-state index contributed by atoms with van der Waals surface area (Å²) in [6.07, 6.45) is 0.937. The van der Waals surface area contributed by atoms with Crippen LogP contribution in [0.5, 0.6) is 0 Å². The Morgan fingerprint density at radius 3 is 2.45 bits per heavy atom. The van der Waals surface area contributed by atoms with E-state index in [1.54, 1.807) is 0 Å². The lowest BCUT2D eigenvalue weighted by Crippen LogP contribution is -2.30. The molecule has 1 amide bonds. The highest BCUT2D eigenvalue weighted by molar-refractivity contribution is 5.72. The van der Waals surface area contributed by atoms with Gasteiger partial charge in [-0.25, -0.2) is 9.63 Å². The number of carbonyl (C=O) groups is 2. The molecule has 0 bridgehead atoms. The number of carbonyl (C=O) groups excluding carboxylic acids is 1. The van der Waals surface area contributed by atoms with E-state index in [0.29, 0.717) is 25.8 Å². The molecule has 0 spiro atoms. The first kappa shape index (κ1) is 20.5. The fourth-order valence-corrected chi connectivity index (χ4v) is 1.33. The Hall–Kier alpha value is -1.50. The molecule has 1 atom stereocenters. The van der Waals surface area contributed by atoms with Crippen LogP contribution in [-0.4, -0.2) is 72.0 Å². The predicted molar refractivity (Wildman–Crippen MR) is 71.0 cm³/mol. The Bertz CT molecular complexity index is 316. The third kappa shape index (κ3) is 13.5. The van der Waals surface area contributed by atoms with E-state index in [4.69, 9.17) is 30.7 Å². The number of hydrogen-bond donors (Lipinski definition) is 5. The molecule has 0 aromatic heterocycles. The lowest BCUT2D eigenvalue weighted by atomic mass is 10.1. The van der Waals surface area contributed by atoms with Gasteiger partial charge in [0.1, 0.15) is 12.6 Å². The molecule has 22 heavy (non-hydrogen) atoms. The molecule has 0 radical (unpaired) electrons. The number of nitrogens with one attached hydrogen (secondary N) is 1. The molecule has 0 aliphatic carbocycles. The number of amides is 1. The first-order valence-corrected chi connectivity index (χ1v) is 6.71. The number of carboxylic acid groups (broad SMARTS) is 1. The molecule has 0 aliphatic heterocycles. The van der Waals surface area contributed by atoms with Gasteiger partial charge in [-0.15, -0.1) is 0 Å². The van der Waals surface area contributed by atoms with Crippen molar-refractivity contribution in [2.75, 3.05) is 33.0 Å². The Morgan fingerprint density at radius 1 is 1.14 bits per heavy atom. The predicted octanol–water partition coefficient (Wildman–Crippen LogP) is -0.677. The monoisotopic (exact) mass is 325 g/mol. The van der Waals surface area contributed by atoms with E-state index in [1.165, 1.54) is 0 Å². The van der Waals surface area contributed by atoms with Crippen LogP contribution in [0, 0.1) is 0 Å². The first-order chi connectivity index (χ1) is 10.4. The molecule has 11 nitrogen and oxygen atoms in total. The average molecular weight is 325 g/mol. The maximum Gasteiger partial charge on any atom is 0.407 e. The highest BCUT2D eigenvalue weighted by Gasteiger charge is 2.10. The second-order valence-electron chi connectivity index (χ2n) is 4.20. The zero-order valence-electron chi connectivity index (χ0n) is 12.1. The number of aliphatic carboxylic acids is 1. The fraction of sp³-hybridized carbons (Fsp3) is 0.818. The second kappa shape index (κ2) is 13.2. The molecule has 6 N–H and O–H groups in total. The van der Waals surface area contributed by atoms with Crippen molar-refractivity contribution in [1.82, 2.24) is 10.7 Å². The fourth-order valence-electron chi connectivity index (χ4n) is 1.33. The standard InChI is InChI=1S/C11H23N3O8/c12-9(10(15)16)3-1-2-4-13-11(17)21-7-5-20-6-8-22-14(18)19/h9,18-19H,1-8,12H2,(H,13,17)(H,15,16). The van der Waals surface area contributed by atoms with Gasteiger partial charge in [0.2, 0.25) is 0 Å². The highest BCUT2D eigenvalue weighted by Crippen LogP contribution is 1.98. The molecule has 0 fully saturated rings. The van der Waals surface area contributed by atoms with Gasteiger partial charge in [-0.3, -0.25) is 15.2 Å². The smallest absolute Gasteiger partial charge is 0.407 e. The molecule has 11 heteroatoms.